The van der Waals surface area contributed by atoms with E-state index in [1.165, 1.54) is 25.7 Å². The monoisotopic (exact) mass is 261 g/mol. The number of nitrogens with two attached hydrogens (primary N) is 1. The van der Waals surface area contributed by atoms with Crippen LogP contribution in [0.4, 0.5) is 0 Å². The third-order valence-corrected chi connectivity index (χ3v) is 4.69. The number of hydrogen-bond acceptors (Lipinski definition) is 4. The Morgan fingerprint density at radius 2 is 2.11 bits per heavy atom. The molecule has 2 aliphatic rings. The third kappa shape index (κ3) is 2.47. The minimum absolute atomic E-state index is 0.223. The number of aromatic nitrogens is 1. The number of hydrogen-bond donors (Lipinski definition) is 2. The fourth-order valence-electron chi connectivity index (χ4n) is 3.82. The van der Waals surface area contributed by atoms with Gasteiger partial charge in [0.05, 0.1) is 18.8 Å². The van der Waals surface area contributed by atoms with Gasteiger partial charge in [0.15, 0.2) is 0 Å². The minimum Gasteiger partial charge on any atom is -0.492 e. The van der Waals surface area contributed by atoms with Crippen LogP contribution in [-0.4, -0.2) is 11.6 Å². The normalized spacial score (nSPS) is 30.5. The predicted molar refractivity (Wildman–Crippen MR) is 74.4 cm³/mol. The van der Waals surface area contributed by atoms with E-state index in [-0.39, 0.29) is 6.04 Å². The summed E-state index contributed by atoms with van der Waals surface area (Å²) in [6.45, 7) is 2.65. The zero-order chi connectivity index (χ0) is 13.2. The molecular weight excluding hydrogens is 238 g/mol. The van der Waals surface area contributed by atoms with Crippen LogP contribution in [0.15, 0.2) is 18.5 Å². The van der Waals surface area contributed by atoms with Crippen LogP contribution in [0.5, 0.6) is 5.75 Å². The highest BCUT2D eigenvalue weighted by atomic mass is 16.5. The van der Waals surface area contributed by atoms with Crippen LogP contribution in [-0.2, 0) is 0 Å². The van der Waals surface area contributed by atoms with Crippen LogP contribution in [0, 0.1) is 17.8 Å². The molecule has 0 radical (unpaired) electrons. The van der Waals surface area contributed by atoms with Crippen molar-refractivity contribution in [1.82, 2.24) is 10.4 Å². The molecule has 2 fully saturated rings. The summed E-state index contributed by atoms with van der Waals surface area (Å²) in [7, 11) is 0. The molecule has 3 N–H and O–H groups in total. The molecule has 1 aromatic heterocycles. The fraction of sp³-hybridized carbons (Fsp3) is 0.667. The van der Waals surface area contributed by atoms with E-state index in [4.69, 9.17) is 10.6 Å². The number of nitrogens with zero attached hydrogens (tertiary/aromatic N) is 1. The van der Waals surface area contributed by atoms with E-state index in [0.717, 1.165) is 23.1 Å². The van der Waals surface area contributed by atoms with Crippen molar-refractivity contribution < 1.29 is 4.74 Å². The first-order valence-corrected chi connectivity index (χ1v) is 7.39. The first-order valence-electron chi connectivity index (χ1n) is 7.39. The fourth-order valence-corrected chi connectivity index (χ4v) is 3.82. The second-order valence-corrected chi connectivity index (χ2v) is 5.72. The highest BCUT2D eigenvalue weighted by Crippen LogP contribution is 2.60. The average molecular weight is 261 g/mol. The first kappa shape index (κ1) is 12.9. The third-order valence-electron chi connectivity index (χ3n) is 4.69. The van der Waals surface area contributed by atoms with Crippen LogP contribution in [0.3, 0.4) is 0 Å². The van der Waals surface area contributed by atoms with Crippen molar-refractivity contribution in [2.75, 3.05) is 6.61 Å². The van der Waals surface area contributed by atoms with Crippen LogP contribution in [0.1, 0.15) is 44.2 Å². The maximum Gasteiger partial charge on any atom is 0.137 e. The molecule has 0 saturated heterocycles. The Kier molecular flexibility index (Phi) is 3.71. The van der Waals surface area contributed by atoms with E-state index < -0.39 is 0 Å². The van der Waals surface area contributed by atoms with Crippen molar-refractivity contribution >= 4 is 0 Å². The highest BCUT2D eigenvalue weighted by molar-refractivity contribution is 5.28. The molecule has 4 nitrogen and oxygen atoms in total. The lowest BCUT2D eigenvalue weighted by atomic mass is 10.0. The van der Waals surface area contributed by atoms with E-state index >= 15 is 0 Å². The number of hydrazine groups is 1. The molecule has 1 aromatic rings. The lowest BCUT2D eigenvalue weighted by Gasteiger charge is -2.17. The van der Waals surface area contributed by atoms with E-state index in [9.17, 15) is 0 Å². The second kappa shape index (κ2) is 5.47. The highest BCUT2D eigenvalue weighted by Gasteiger charge is 2.54. The predicted octanol–water partition coefficient (Wildman–Crippen LogP) is 2.42. The van der Waals surface area contributed by atoms with Crippen molar-refractivity contribution in [3.8, 4) is 5.75 Å². The molecule has 0 spiro atoms. The van der Waals surface area contributed by atoms with E-state index in [2.05, 4.69) is 16.5 Å². The van der Waals surface area contributed by atoms with Gasteiger partial charge in [-0.25, -0.2) is 0 Å². The molecule has 3 rings (SSSR count). The Hall–Kier alpha value is -1.13. The molecular formula is C15H23N3O. The van der Waals surface area contributed by atoms with E-state index in [1.807, 2.05) is 13.1 Å². The van der Waals surface area contributed by atoms with Gasteiger partial charge in [-0.05, 0) is 49.1 Å². The zero-order valence-corrected chi connectivity index (χ0v) is 11.5. The molecule has 3 atom stereocenters. The molecule has 104 valence electrons. The minimum atomic E-state index is 0.223. The summed E-state index contributed by atoms with van der Waals surface area (Å²) < 4.78 is 5.53. The van der Waals surface area contributed by atoms with Crippen LogP contribution < -0.4 is 16.0 Å². The maximum atomic E-state index is 5.81. The van der Waals surface area contributed by atoms with Crippen LogP contribution in [0.25, 0.3) is 0 Å². The quantitative estimate of drug-likeness (QED) is 0.631. The Morgan fingerprint density at radius 1 is 1.37 bits per heavy atom. The van der Waals surface area contributed by atoms with Gasteiger partial charge in [-0.1, -0.05) is 12.8 Å². The van der Waals surface area contributed by atoms with Gasteiger partial charge in [0.1, 0.15) is 5.75 Å². The van der Waals surface area contributed by atoms with Crippen LogP contribution in [0.2, 0.25) is 0 Å². The standard InChI is InChI=1S/C15H23N3O/c1-2-19-11-7-10(8-17-9-11)15(18-16)14-12-5-3-4-6-13(12)14/h7-9,12-15,18H,2-6,16H2,1H3. The van der Waals surface area contributed by atoms with Gasteiger partial charge in [0.2, 0.25) is 0 Å². The SMILES string of the molecule is CCOc1cncc(C(NN)C2C3CCCCC32)c1. The summed E-state index contributed by atoms with van der Waals surface area (Å²) in [4.78, 5) is 4.28. The van der Waals surface area contributed by atoms with Gasteiger partial charge in [0.25, 0.3) is 0 Å². The average Bonchev–Trinajstić information content (AvgIpc) is 3.15. The molecule has 2 aliphatic carbocycles. The Bertz CT molecular complexity index is 425. The molecule has 3 unspecified atom stereocenters. The van der Waals surface area contributed by atoms with Crippen molar-refractivity contribution in [3.05, 3.63) is 24.0 Å². The molecule has 0 aromatic carbocycles. The topological polar surface area (TPSA) is 60.2 Å². The van der Waals surface area contributed by atoms with Crippen molar-refractivity contribution in [1.29, 1.82) is 0 Å². The van der Waals surface area contributed by atoms with Gasteiger partial charge in [-0.3, -0.25) is 16.3 Å². The molecule has 4 heteroatoms. The van der Waals surface area contributed by atoms with Gasteiger partial charge in [0, 0.05) is 6.20 Å². The number of ether oxygens (including phenoxy) is 1. The lowest BCUT2D eigenvalue weighted by Crippen LogP contribution is -2.30. The number of rotatable bonds is 5. The van der Waals surface area contributed by atoms with Gasteiger partial charge < -0.3 is 4.74 Å². The largest absolute Gasteiger partial charge is 0.492 e. The summed E-state index contributed by atoms with van der Waals surface area (Å²) in [6, 6.07) is 2.30. The van der Waals surface area contributed by atoms with Crippen molar-refractivity contribution in [3.63, 3.8) is 0 Å². The smallest absolute Gasteiger partial charge is 0.137 e. The number of fused-ring (bicyclic) bond motifs is 1. The summed E-state index contributed by atoms with van der Waals surface area (Å²) >= 11 is 0. The molecule has 0 bridgehead atoms. The number of pyridine rings is 1. The Labute approximate surface area is 114 Å². The summed E-state index contributed by atoms with van der Waals surface area (Å²) in [5, 5.41) is 0. The molecule has 0 aliphatic heterocycles. The van der Waals surface area contributed by atoms with Gasteiger partial charge in [-0.15, -0.1) is 0 Å². The summed E-state index contributed by atoms with van der Waals surface area (Å²) in [5.74, 6) is 9.06. The van der Waals surface area contributed by atoms with Gasteiger partial charge >= 0.3 is 0 Å². The van der Waals surface area contributed by atoms with E-state index in [1.54, 1.807) is 6.20 Å². The van der Waals surface area contributed by atoms with Crippen LogP contribution >= 0.6 is 0 Å². The molecule has 19 heavy (non-hydrogen) atoms. The van der Waals surface area contributed by atoms with Crippen molar-refractivity contribution in [2.24, 2.45) is 23.6 Å². The van der Waals surface area contributed by atoms with E-state index in [0.29, 0.717) is 12.5 Å². The maximum absolute atomic E-state index is 5.81. The Balaban J connectivity index is 1.77. The molecule has 1 heterocycles. The van der Waals surface area contributed by atoms with Gasteiger partial charge in [-0.2, -0.15) is 0 Å². The molecule has 0 amide bonds. The molecule has 2 saturated carbocycles. The van der Waals surface area contributed by atoms with Crippen molar-refractivity contribution in [2.45, 2.75) is 38.6 Å². The second-order valence-electron chi connectivity index (χ2n) is 5.72. The summed E-state index contributed by atoms with van der Waals surface area (Å²) in [6.07, 6.45) is 9.18. The zero-order valence-electron chi connectivity index (χ0n) is 11.5. The first-order chi connectivity index (χ1) is 9.35. The lowest BCUT2D eigenvalue weighted by molar-refractivity contribution is 0.337. The Morgan fingerprint density at radius 3 is 2.74 bits per heavy atom. The summed E-state index contributed by atoms with van der Waals surface area (Å²) in [5.41, 5.74) is 4.17. The number of nitrogens with one attached hydrogen (secondary N) is 1.